The molecule has 1 saturated carbocycles. The second kappa shape index (κ2) is 6.34. The summed E-state index contributed by atoms with van der Waals surface area (Å²) in [4.78, 5) is 36.6. The van der Waals surface area contributed by atoms with Gasteiger partial charge in [0.05, 0.1) is 16.9 Å². The molecule has 1 N–H and O–H groups in total. The molecule has 1 aliphatic carbocycles. The second-order valence-corrected chi connectivity index (χ2v) is 6.61. The van der Waals surface area contributed by atoms with Gasteiger partial charge in [-0.15, -0.1) is 0 Å². The Morgan fingerprint density at radius 1 is 1.48 bits per heavy atom. The highest BCUT2D eigenvalue weighted by Crippen LogP contribution is 2.49. The lowest BCUT2D eigenvalue weighted by molar-refractivity contribution is -0.385. The van der Waals surface area contributed by atoms with Gasteiger partial charge in [-0.3, -0.25) is 19.7 Å². The van der Waals surface area contributed by atoms with Crippen LogP contribution in [0.25, 0.3) is 0 Å². The second-order valence-electron chi connectivity index (χ2n) is 6.61. The van der Waals surface area contributed by atoms with Gasteiger partial charge in [-0.25, -0.2) is 0 Å². The van der Waals surface area contributed by atoms with E-state index in [0.29, 0.717) is 13.0 Å². The summed E-state index contributed by atoms with van der Waals surface area (Å²) < 4.78 is 5.22. The number of nitro benzene ring substituents is 1. The van der Waals surface area contributed by atoms with Crippen molar-refractivity contribution in [3.8, 4) is 5.75 Å². The fraction of sp³-hybridized carbons (Fsp3) is 0.529. The van der Waals surface area contributed by atoms with Crippen molar-refractivity contribution < 1.29 is 24.4 Å². The number of aliphatic carboxylic acids is 1. The van der Waals surface area contributed by atoms with Crippen molar-refractivity contribution in [2.75, 3.05) is 19.7 Å². The van der Waals surface area contributed by atoms with Crippen LogP contribution >= 0.6 is 0 Å². The third-order valence-electron chi connectivity index (χ3n) is 5.29. The summed E-state index contributed by atoms with van der Waals surface area (Å²) in [7, 11) is 0. The molecule has 0 aromatic heterocycles. The van der Waals surface area contributed by atoms with Crippen LogP contribution in [0.1, 0.15) is 36.5 Å². The largest absolute Gasteiger partial charge is 0.487 e. The van der Waals surface area contributed by atoms with Crippen molar-refractivity contribution in [2.24, 2.45) is 11.3 Å². The first-order valence-electron chi connectivity index (χ1n) is 8.33. The van der Waals surface area contributed by atoms with Crippen LogP contribution in [0, 0.1) is 21.4 Å². The van der Waals surface area contributed by atoms with Crippen LogP contribution in [-0.2, 0) is 4.79 Å². The summed E-state index contributed by atoms with van der Waals surface area (Å²) in [5.74, 6) is -1.17. The summed E-state index contributed by atoms with van der Waals surface area (Å²) in [5, 5.41) is 20.8. The lowest BCUT2D eigenvalue weighted by atomic mass is 9.81. The maximum absolute atomic E-state index is 12.8. The van der Waals surface area contributed by atoms with Crippen LogP contribution in [0.15, 0.2) is 18.2 Å². The molecule has 1 aliphatic heterocycles. The highest BCUT2D eigenvalue weighted by Gasteiger charge is 2.55. The molecule has 8 nitrogen and oxygen atoms in total. The van der Waals surface area contributed by atoms with E-state index in [1.54, 1.807) is 6.92 Å². The quantitative estimate of drug-likeness (QED) is 0.646. The monoisotopic (exact) mass is 348 g/mol. The van der Waals surface area contributed by atoms with E-state index in [0.717, 1.165) is 12.8 Å². The molecule has 1 saturated heterocycles. The van der Waals surface area contributed by atoms with E-state index in [1.165, 1.54) is 23.1 Å². The first-order chi connectivity index (χ1) is 11.9. The fourth-order valence-electron chi connectivity index (χ4n) is 4.05. The first kappa shape index (κ1) is 17.2. The van der Waals surface area contributed by atoms with Gasteiger partial charge in [0.15, 0.2) is 5.75 Å². The lowest BCUT2D eigenvalue weighted by Crippen LogP contribution is -2.37. The molecular weight excluding hydrogens is 328 g/mol. The number of rotatable bonds is 5. The number of nitrogens with zero attached hydrogens (tertiary/aromatic N) is 2. The van der Waals surface area contributed by atoms with Crippen molar-refractivity contribution in [1.82, 2.24) is 4.90 Å². The van der Waals surface area contributed by atoms with Gasteiger partial charge in [-0.05, 0) is 37.8 Å². The normalized spacial score (nSPS) is 24.8. The molecule has 0 unspecified atom stereocenters. The number of hydrogen-bond acceptors (Lipinski definition) is 5. The Kier molecular flexibility index (Phi) is 4.36. The molecule has 8 heteroatoms. The fourth-order valence-corrected chi connectivity index (χ4v) is 4.05. The molecule has 2 aliphatic rings. The number of likely N-dealkylation sites (tertiary alicyclic amines) is 1. The van der Waals surface area contributed by atoms with Crippen molar-refractivity contribution in [2.45, 2.75) is 26.2 Å². The first-order valence-corrected chi connectivity index (χ1v) is 8.33. The van der Waals surface area contributed by atoms with E-state index in [9.17, 15) is 24.8 Å². The Morgan fingerprint density at radius 2 is 2.24 bits per heavy atom. The van der Waals surface area contributed by atoms with Gasteiger partial charge < -0.3 is 14.7 Å². The molecular formula is C17H20N2O6. The number of carbonyl (C=O) groups excluding carboxylic acids is 1. The van der Waals surface area contributed by atoms with Crippen molar-refractivity contribution in [3.05, 3.63) is 33.9 Å². The molecule has 1 aromatic carbocycles. The molecule has 134 valence electrons. The summed E-state index contributed by atoms with van der Waals surface area (Å²) in [6, 6.07) is 4.11. The van der Waals surface area contributed by atoms with Crippen LogP contribution in [0.4, 0.5) is 5.69 Å². The predicted molar refractivity (Wildman–Crippen MR) is 87.6 cm³/mol. The van der Waals surface area contributed by atoms with Crippen molar-refractivity contribution in [1.29, 1.82) is 0 Å². The summed E-state index contributed by atoms with van der Waals surface area (Å²) in [6.45, 7) is 2.54. The number of carbonyl (C=O) groups is 2. The number of nitro groups is 1. The Morgan fingerprint density at radius 3 is 2.84 bits per heavy atom. The van der Waals surface area contributed by atoms with Gasteiger partial charge >= 0.3 is 11.7 Å². The van der Waals surface area contributed by atoms with E-state index >= 15 is 0 Å². The van der Waals surface area contributed by atoms with Crippen molar-refractivity contribution >= 4 is 17.6 Å². The minimum atomic E-state index is -0.868. The summed E-state index contributed by atoms with van der Waals surface area (Å²) in [6.07, 6.45) is 2.22. The standard InChI is InChI=1S/C17H20N2O6/c1-2-25-14-6-5-11(8-13(14)19(23)24)15(20)18-9-12-4-3-7-17(12,10-18)16(21)22/h5-6,8,12H,2-4,7,9-10H2,1H3,(H,21,22)/t12-,17+/m0/s1. The Hall–Kier alpha value is -2.64. The maximum Gasteiger partial charge on any atom is 0.311 e. The molecule has 1 heterocycles. The van der Waals surface area contributed by atoms with Gasteiger partial charge in [0.25, 0.3) is 5.91 Å². The van der Waals surface area contributed by atoms with Gasteiger partial charge in [0.2, 0.25) is 0 Å². The number of amides is 1. The highest BCUT2D eigenvalue weighted by molar-refractivity contribution is 5.96. The third-order valence-corrected chi connectivity index (χ3v) is 5.29. The molecule has 0 radical (unpaired) electrons. The zero-order chi connectivity index (χ0) is 18.2. The molecule has 1 amide bonds. The topological polar surface area (TPSA) is 110 Å². The SMILES string of the molecule is CCOc1ccc(C(=O)N2C[C@@H]3CCC[C@@]3(C(=O)O)C2)cc1[N+](=O)[O-]. The summed E-state index contributed by atoms with van der Waals surface area (Å²) in [5.41, 5.74) is -0.956. The third kappa shape index (κ3) is 2.81. The van der Waals surface area contributed by atoms with E-state index in [-0.39, 0.29) is 42.0 Å². The lowest BCUT2D eigenvalue weighted by Gasteiger charge is -2.23. The zero-order valence-corrected chi connectivity index (χ0v) is 13.9. The Labute approximate surface area is 144 Å². The van der Waals surface area contributed by atoms with Gasteiger partial charge in [-0.2, -0.15) is 0 Å². The molecule has 2 atom stereocenters. The summed E-state index contributed by atoms with van der Waals surface area (Å²) >= 11 is 0. The molecule has 25 heavy (non-hydrogen) atoms. The van der Waals surface area contributed by atoms with E-state index < -0.39 is 16.3 Å². The predicted octanol–water partition coefficient (Wildman–Crippen LogP) is 2.32. The van der Waals surface area contributed by atoms with Crippen LogP contribution < -0.4 is 4.74 Å². The Bertz CT molecular complexity index is 734. The van der Waals surface area contributed by atoms with E-state index in [2.05, 4.69) is 0 Å². The van der Waals surface area contributed by atoms with Gasteiger partial charge in [0, 0.05) is 24.7 Å². The average molecular weight is 348 g/mol. The zero-order valence-electron chi connectivity index (χ0n) is 13.9. The minimum Gasteiger partial charge on any atom is -0.487 e. The maximum atomic E-state index is 12.8. The average Bonchev–Trinajstić information content (AvgIpc) is 3.13. The number of hydrogen-bond donors (Lipinski definition) is 1. The van der Waals surface area contributed by atoms with Crippen LogP contribution in [0.3, 0.4) is 0 Å². The molecule has 0 spiro atoms. The van der Waals surface area contributed by atoms with Crippen LogP contribution in [-0.4, -0.2) is 46.5 Å². The molecule has 1 aromatic rings. The highest BCUT2D eigenvalue weighted by atomic mass is 16.6. The molecule has 2 fully saturated rings. The number of carboxylic acids is 1. The smallest absolute Gasteiger partial charge is 0.311 e. The van der Waals surface area contributed by atoms with Crippen molar-refractivity contribution in [3.63, 3.8) is 0 Å². The minimum absolute atomic E-state index is 0.0494. The Balaban J connectivity index is 1.86. The van der Waals surface area contributed by atoms with Gasteiger partial charge in [-0.1, -0.05) is 6.42 Å². The van der Waals surface area contributed by atoms with Crippen LogP contribution in [0.5, 0.6) is 5.75 Å². The number of ether oxygens (including phenoxy) is 1. The van der Waals surface area contributed by atoms with E-state index in [4.69, 9.17) is 4.74 Å². The molecule has 3 rings (SSSR count). The number of benzene rings is 1. The van der Waals surface area contributed by atoms with Crippen LogP contribution in [0.2, 0.25) is 0 Å². The number of fused-ring (bicyclic) bond motifs is 1. The van der Waals surface area contributed by atoms with E-state index in [1.807, 2.05) is 0 Å². The number of carboxylic acid groups (broad SMARTS) is 1. The van der Waals surface area contributed by atoms with Gasteiger partial charge in [0.1, 0.15) is 0 Å². The molecule has 0 bridgehead atoms.